The first kappa shape index (κ1) is 25.8. The van der Waals surface area contributed by atoms with E-state index in [1.807, 2.05) is 29.2 Å². The van der Waals surface area contributed by atoms with Crippen LogP contribution in [0, 0.1) is 5.92 Å². The lowest BCUT2D eigenvalue weighted by Gasteiger charge is -2.32. The van der Waals surface area contributed by atoms with E-state index in [1.54, 1.807) is 18.2 Å². The van der Waals surface area contributed by atoms with E-state index in [9.17, 15) is 27.6 Å². The second-order valence-corrected chi connectivity index (χ2v) is 9.77. The van der Waals surface area contributed by atoms with Gasteiger partial charge in [0.25, 0.3) is 11.5 Å². The predicted octanol–water partition coefficient (Wildman–Crippen LogP) is 3.16. The minimum Gasteiger partial charge on any atom is -0.380 e. The summed E-state index contributed by atoms with van der Waals surface area (Å²) in [5, 5.41) is 13.8. The highest BCUT2D eigenvalue weighted by Gasteiger charge is 2.41. The predicted molar refractivity (Wildman–Crippen MR) is 133 cm³/mol. The molecule has 2 amide bonds. The quantitative estimate of drug-likeness (QED) is 0.473. The van der Waals surface area contributed by atoms with Crippen LogP contribution in [0.2, 0.25) is 0 Å². The van der Waals surface area contributed by atoms with E-state index in [2.05, 4.69) is 20.9 Å². The molecule has 0 saturated carbocycles. The Morgan fingerprint density at radius 1 is 0.974 bits per heavy atom. The van der Waals surface area contributed by atoms with Crippen molar-refractivity contribution in [3.8, 4) is 0 Å². The van der Waals surface area contributed by atoms with Crippen molar-refractivity contribution in [3.05, 3.63) is 63.9 Å². The third kappa shape index (κ3) is 5.54. The van der Waals surface area contributed by atoms with Crippen LogP contribution in [0.3, 0.4) is 0 Å². The van der Waals surface area contributed by atoms with Gasteiger partial charge in [0, 0.05) is 25.2 Å². The van der Waals surface area contributed by atoms with E-state index in [1.165, 1.54) is 0 Å². The molecule has 2 N–H and O–H groups in total. The fourth-order valence-electron chi connectivity index (χ4n) is 5.00. The molecule has 2 aliphatic heterocycles. The number of amides is 2. The topological polar surface area (TPSA) is 109 Å². The maximum atomic E-state index is 13.3. The van der Waals surface area contributed by atoms with Gasteiger partial charge in [-0.3, -0.25) is 24.6 Å². The number of hydrogen-bond acceptors (Lipinski definition) is 7. The van der Waals surface area contributed by atoms with Gasteiger partial charge in [-0.2, -0.15) is 17.9 Å². The second-order valence-electron chi connectivity index (χ2n) is 9.77. The van der Waals surface area contributed by atoms with E-state index in [-0.39, 0.29) is 31.6 Å². The Morgan fingerprint density at radius 3 is 2.37 bits per heavy atom. The van der Waals surface area contributed by atoms with Gasteiger partial charge in [0.15, 0.2) is 0 Å². The summed E-state index contributed by atoms with van der Waals surface area (Å²) in [4.78, 5) is 39.1. The van der Waals surface area contributed by atoms with Crippen LogP contribution in [0.15, 0.2) is 47.3 Å². The molecule has 1 atom stereocenters. The summed E-state index contributed by atoms with van der Waals surface area (Å²) >= 11 is 0. The van der Waals surface area contributed by atoms with E-state index in [0.29, 0.717) is 42.8 Å². The first-order chi connectivity index (χ1) is 18.2. The number of nitrogens with zero attached hydrogens (tertiary/aromatic N) is 4. The van der Waals surface area contributed by atoms with Gasteiger partial charge in [-0.05, 0) is 55.6 Å². The van der Waals surface area contributed by atoms with Crippen molar-refractivity contribution < 1.29 is 22.8 Å². The van der Waals surface area contributed by atoms with Gasteiger partial charge in [0.1, 0.15) is 11.6 Å². The summed E-state index contributed by atoms with van der Waals surface area (Å²) in [7, 11) is 0. The molecule has 3 heterocycles. The number of fused-ring (bicyclic) bond motifs is 1. The van der Waals surface area contributed by atoms with E-state index in [4.69, 9.17) is 0 Å². The lowest BCUT2D eigenvalue weighted by atomic mass is 9.96. The summed E-state index contributed by atoms with van der Waals surface area (Å²) in [5.74, 6) is -2.17. The maximum Gasteiger partial charge on any atom is 0.391 e. The van der Waals surface area contributed by atoms with Crippen molar-refractivity contribution in [1.29, 1.82) is 0 Å². The number of halogens is 3. The van der Waals surface area contributed by atoms with Crippen LogP contribution in [-0.2, 0) is 22.7 Å². The van der Waals surface area contributed by atoms with Crippen LogP contribution >= 0.6 is 0 Å². The van der Waals surface area contributed by atoms with Crippen LogP contribution in [-0.4, -0.2) is 51.0 Å². The molecule has 12 heteroatoms. The first-order valence-corrected chi connectivity index (χ1v) is 12.5. The SMILES string of the molecule is O=C1CCC(n2nnc3cccc(NCc4ccc(CN5CCC(C(F)(F)F)CC5)cc4)c3c2=O)C(=O)N1. The maximum absolute atomic E-state index is 13.3. The van der Waals surface area contributed by atoms with E-state index >= 15 is 0 Å². The molecule has 0 bridgehead atoms. The summed E-state index contributed by atoms with van der Waals surface area (Å²) in [5.41, 5.74) is 2.42. The molecule has 0 aliphatic carbocycles. The Balaban J connectivity index is 1.25. The monoisotopic (exact) mass is 528 g/mol. The Morgan fingerprint density at radius 2 is 1.68 bits per heavy atom. The molecule has 0 spiro atoms. The molecule has 2 aromatic carbocycles. The lowest BCUT2D eigenvalue weighted by molar-refractivity contribution is -0.185. The smallest absolute Gasteiger partial charge is 0.380 e. The number of benzene rings is 2. The molecule has 5 rings (SSSR count). The van der Waals surface area contributed by atoms with E-state index in [0.717, 1.165) is 15.8 Å². The van der Waals surface area contributed by atoms with Crippen LogP contribution in [0.5, 0.6) is 0 Å². The number of carbonyl (C=O) groups is 2. The Hall–Kier alpha value is -3.80. The number of rotatable bonds is 6. The Bertz CT molecular complexity index is 1400. The minimum absolute atomic E-state index is 0.115. The molecule has 2 saturated heterocycles. The number of imide groups is 1. The number of alkyl halides is 3. The molecule has 2 fully saturated rings. The van der Waals surface area contributed by atoms with Crippen molar-refractivity contribution in [2.75, 3.05) is 18.4 Å². The summed E-state index contributed by atoms with van der Waals surface area (Å²) < 4.78 is 39.7. The number of nitrogens with one attached hydrogen (secondary N) is 2. The van der Waals surface area contributed by atoms with Crippen LogP contribution in [0.25, 0.3) is 10.9 Å². The first-order valence-electron chi connectivity index (χ1n) is 12.5. The number of likely N-dealkylation sites (tertiary alicyclic amines) is 1. The fraction of sp³-hybridized carbons (Fsp3) is 0.423. The molecule has 9 nitrogen and oxygen atoms in total. The zero-order valence-corrected chi connectivity index (χ0v) is 20.5. The van der Waals surface area contributed by atoms with Crippen molar-refractivity contribution in [2.24, 2.45) is 5.92 Å². The van der Waals surface area contributed by atoms with E-state index < -0.39 is 29.6 Å². The molecule has 200 valence electrons. The van der Waals surface area contributed by atoms with Crippen molar-refractivity contribution >= 4 is 28.4 Å². The van der Waals surface area contributed by atoms with Gasteiger partial charge in [0.05, 0.1) is 11.3 Å². The zero-order valence-electron chi connectivity index (χ0n) is 20.5. The average molecular weight is 529 g/mol. The molecule has 1 aromatic heterocycles. The number of carbonyl (C=O) groups excluding carboxylic acids is 2. The van der Waals surface area contributed by atoms with Crippen LogP contribution in [0.4, 0.5) is 18.9 Å². The zero-order chi connectivity index (χ0) is 26.9. The normalized spacial score (nSPS) is 19.5. The van der Waals surface area contributed by atoms with Gasteiger partial charge in [-0.25, -0.2) is 0 Å². The van der Waals surface area contributed by atoms with Crippen molar-refractivity contribution in [1.82, 2.24) is 25.2 Å². The molecule has 2 aliphatic rings. The summed E-state index contributed by atoms with van der Waals surface area (Å²) in [6.45, 7) is 1.86. The third-order valence-electron chi connectivity index (χ3n) is 7.18. The van der Waals surface area contributed by atoms with Gasteiger partial charge in [-0.15, -0.1) is 5.10 Å². The van der Waals surface area contributed by atoms with Crippen molar-refractivity contribution in [2.45, 2.75) is 51.0 Å². The highest BCUT2D eigenvalue weighted by molar-refractivity contribution is 5.99. The molecule has 38 heavy (non-hydrogen) atoms. The summed E-state index contributed by atoms with van der Waals surface area (Å²) in [6, 6.07) is 12.1. The third-order valence-corrected chi connectivity index (χ3v) is 7.18. The number of aromatic nitrogens is 3. The largest absolute Gasteiger partial charge is 0.391 e. The Labute approximate surface area is 216 Å². The van der Waals surface area contributed by atoms with Gasteiger partial charge in [0.2, 0.25) is 5.91 Å². The van der Waals surface area contributed by atoms with Crippen LogP contribution in [0.1, 0.15) is 42.9 Å². The molecular weight excluding hydrogens is 501 g/mol. The van der Waals surface area contributed by atoms with Gasteiger partial charge < -0.3 is 5.32 Å². The molecule has 1 unspecified atom stereocenters. The van der Waals surface area contributed by atoms with Crippen LogP contribution < -0.4 is 16.2 Å². The Kier molecular flexibility index (Phi) is 7.15. The molecule has 3 aromatic rings. The molecular formula is C26H27F3N6O3. The highest BCUT2D eigenvalue weighted by atomic mass is 19.4. The fourth-order valence-corrected chi connectivity index (χ4v) is 5.00. The second kappa shape index (κ2) is 10.5. The number of hydrogen-bond donors (Lipinski definition) is 2. The number of anilines is 1. The summed E-state index contributed by atoms with van der Waals surface area (Å²) in [6.07, 6.45) is -3.56. The lowest BCUT2D eigenvalue weighted by Crippen LogP contribution is -2.45. The molecule has 0 radical (unpaired) electrons. The van der Waals surface area contributed by atoms with Gasteiger partial charge in [-0.1, -0.05) is 35.5 Å². The highest BCUT2D eigenvalue weighted by Crippen LogP contribution is 2.34. The van der Waals surface area contributed by atoms with Gasteiger partial charge >= 0.3 is 6.18 Å². The standard InChI is InChI=1S/C26H27F3N6O3/c27-26(28,29)18-10-12-34(13-11-18)15-17-6-4-16(5-7-17)14-30-19-2-1-3-20-23(19)25(38)35(33-32-20)21-8-9-22(36)31-24(21)37/h1-7,18,21,30H,8-15H2,(H,31,36,37). The average Bonchev–Trinajstić information content (AvgIpc) is 2.89. The van der Waals surface area contributed by atoms with Crippen molar-refractivity contribution in [3.63, 3.8) is 0 Å². The number of piperidine rings is 2. The minimum atomic E-state index is -4.12.